The van der Waals surface area contributed by atoms with E-state index in [4.69, 9.17) is 23.2 Å². The minimum absolute atomic E-state index is 0.0265. The van der Waals surface area contributed by atoms with Gasteiger partial charge in [0, 0.05) is 28.6 Å². The Morgan fingerprint density at radius 2 is 1.74 bits per heavy atom. The zero-order valence-electron chi connectivity index (χ0n) is 18.3. The third-order valence-electron chi connectivity index (χ3n) is 5.23. The molecule has 0 aromatic heterocycles. The van der Waals surface area contributed by atoms with Crippen LogP contribution in [0.2, 0.25) is 5.02 Å². The summed E-state index contributed by atoms with van der Waals surface area (Å²) < 4.78 is 38.3. The van der Waals surface area contributed by atoms with Gasteiger partial charge in [-0.15, -0.1) is 11.6 Å². The second kappa shape index (κ2) is 10.7. The standard InChI is InChI=1S/C23H23Cl2F3N4O2/c1-22(30-19(33)4-2-3-13-24)14-32(31-20(22)15-5-9-17(25)10-6-15)21(34)29-18-11-7-16(8-12-18)23(26,27)28/h5-12H,2-4,13-14H2,1H3,(H,29,34)(H,30,33). The van der Waals surface area contributed by atoms with E-state index in [1.165, 1.54) is 12.1 Å². The van der Waals surface area contributed by atoms with Crippen LogP contribution in [0.1, 0.15) is 37.3 Å². The predicted molar refractivity (Wildman–Crippen MR) is 126 cm³/mol. The van der Waals surface area contributed by atoms with Gasteiger partial charge in [-0.05, 0) is 56.2 Å². The van der Waals surface area contributed by atoms with Gasteiger partial charge >= 0.3 is 12.2 Å². The Balaban J connectivity index is 1.80. The lowest BCUT2D eigenvalue weighted by atomic mass is 9.90. The number of anilines is 1. The number of alkyl halides is 4. The minimum Gasteiger partial charge on any atom is -0.343 e. The first-order valence-electron chi connectivity index (χ1n) is 10.5. The summed E-state index contributed by atoms with van der Waals surface area (Å²) in [7, 11) is 0. The number of hydrogen-bond acceptors (Lipinski definition) is 3. The fourth-order valence-electron chi connectivity index (χ4n) is 3.52. The first-order valence-corrected chi connectivity index (χ1v) is 11.4. The Morgan fingerprint density at radius 3 is 2.32 bits per heavy atom. The van der Waals surface area contributed by atoms with E-state index in [0.29, 0.717) is 35.0 Å². The number of benzene rings is 2. The molecule has 0 spiro atoms. The maximum Gasteiger partial charge on any atom is 0.416 e. The van der Waals surface area contributed by atoms with Gasteiger partial charge in [0.15, 0.2) is 0 Å². The summed E-state index contributed by atoms with van der Waals surface area (Å²) in [4.78, 5) is 25.4. The Morgan fingerprint density at radius 1 is 1.09 bits per heavy atom. The van der Waals surface area contributed by atoms with Gasteiger partial charge < -0.3 is 10.6 Å². The summed E-state index contributed by atoms with van der Waals surface area (Å²) in [5.41, 5.74) is -0.516. The van der Waals surface area contributed by atoms with Crippen LogP contribution in [0.25, 0.3) is 0 Å². The van der Waals surface area contributed by atoms with E-state index < -0.39 is 23.3 Å². The van der Waals surface area contributed by atoms with E-state index in [1.54, 1.807) is 31.2 Å². The molecule has 2 aromatic carbocycles. The second-order valence-corrected chi connectivity index (χ2v) is 8.86. The molecule has 1 atom stereocenters. The first-order chi connectivity index (χ1) is 16.0. The van der Waals surface area contributed by atoms with E-state index in [-0.39, 0.29) is 24.6 Å². The van der Waals surface area contributed by atoms with Crippen molar-refractivity contribution in [3.05, 3.63) is 64.7 Å². The highest BCUT2D eigenvalue weighted by molar-refractivity contribution is 6.30. The lowest BCUT2D eigenvalue weighted by Crippen LogP contribution is -2.54. The van der Waals surface area contributed by atoms with E-state index in [0.717, 1.165) is 17.1 Å². The third-order valence-corrected chi connectivity index (χ3v) is 5.75. The third kappa shape index (κ3) is 6.42. The molecular weight excluding hydrogens is 492 g/mol. The Hall–Kier alpha value is -2.78. The van der Waals surface area contributed by atoms with E-state index >= 15 is 0 Å². The topological polar surface area (TPSA) is 73.8 Å². The molecule has 1 heterocycles. The van der Waals surface area contributed by atoms with Crippen molar-refractivity contribution in [2.45, 2.75) is 37.9 Å². The molecule has 1 aliphatic heterocycles. The van der Waals surface area contributed by atoms with Crippen LogP contribution < -0.4 is 10.6 Å². The number of amides is 3. The number of carbonyl (C=O) groups is 2. The molecular formula is C23H23Cl2F3N4O2. The van der Waals surface area contributed by atoms with Crippen LogP contribution in [0.4, 0.5) is 23.7 Å². The Kier molecular flexibility index (Phi) is 8.09. The van der Waals surface area contributed by atoms with Gasteiger partial charge in [-0.3, -0.25) is 4.79 Å². The fraction of sp³-hybridized carbons (Fsp3) is 0.348. The Labute approximate surface area is 205 Å². The van der Waals surface area contributed by atoms with Gasteiger partial charge in [0.2, 0.25) is 5.91 Å². The number of nitrogens with one attached hydrogen (secondary N) is 2. The fourth-order valence-corrected chi connectivity index (χ4v) is 3.84. The maximum absolute atomic E-state index is 12.8. The van der Waals surface area contributed by atoms with Crippen LogP contribution >= 0.6 is 23.2 Å². The number of unbranched alkanes of at least 4 members (excludes halogenated alkanes) is 1. The molecule has 0 saturated carbocycles. The zero-order valence-corrected chi connectivity index (χ0v) is 19.8. The van der Waals surface area contributed by atoms with E-state index in [1.807, 2.05) is 0 Å². The highest BCUT2D eigenvalue weighted by atomic mass is 35.5. The summed E-state index contributed by atoms with van der Waals surface area (Å²) in [5.74, 6) is 0.249. The number of hydrogen-bond donors (Lipinski definition) is 2. The molecule has 34 heavy (non-hydrogen) atoms. The van der Waals surface area contributed by atoms with Crippen molar-refractivity contribution in [3.63, 3.8) is 0 Å². The first kappa shape index (κ1) is 25.8. The molecule has 0 bridgehead atoms. The number of carbonyl (C=O) groups excluding carboxylic acids is 2. The van der Waals surface area contributed by atoms with Crippen molar-refractivity contribution in [3.8, 4) is 0 Å². The summed E-state index contributed by atoms with van der Waals surface area (Å²) in [6, 6.07) is 10.3. The van der Waals surface area contributed by atoms with Gasteiger partial charge in [-0.25, -0.2) is 9.80 Å². The van der Waals surface area contributed by atoms with Crippen molar-refractivity contribution in [1.82, 2.24) is 10.3 Å². The molecule has 3 rings (SSSR count). The SMILES string of the molecule is CC1(NC(=O)CCCCCl)CN(C(=O)Nc2ccc(C(F)(F)F)cc2)N=C1c1ccc(Cl)cc1. The van der Waals surface area contributed by atoms with Crippen molar-refractivity contribution < 1.29 is 22.8 Å². The van der Waals surface area contributed by atoms with E-state index in [2.05, 4.69) is 15.7 Å². The lowest BCUT2D eigenvalue weighted by Gasteiger charge is -2.28. The average Bonchev–Trinajstić information content (AvgIpc) is 3.11. The van der Waals surface area contributed by atoms with Crippen molar-refractivity contribution in [2.75, 3.05) is 17.7 Å². The largest absolute Gasteiger partial charge is 0.416 e. The van der Waals surface area contributed by atoms with E-state index in [9.17, 15) is 22.8 Å². The smallest absolute Gasteiger partial charge is 0.343 e. The van der Waals surface area contributed by atoms with Gasteiger partial charge in [0.05, 0.1) is 17.8 Å². The van der Waals surface area contributed by atoms with Crippen LogP contribution in [0.3, 0.4) is 0 Å². The van der Waals surface area contributed by atoms with Crippen molar-refractivity contribution >= 4 is 46.5 Å². The highest BCUT2D eigenvalue weighted by Crippen LogP contribution is 2.30. The van der Waals surface area contributed by atoms with Crippen molar-refractivity contribution in [2.24, 2.45) is 5.10 Å². The summed E-state index contributed by atoms with van der Waals surface area (Å²) in [6.07, 6.45) is -2.88. The lowest BCUT2D eigenvalue weighted by molar-refractivity contribution is -0.137. The number of urea groups is 1. The molecule has 2 aromatic rings. The van der Waals surface area contributed by atoms with Gasteiger partial charge in [0.25, 0.3) is 0 Å². The zero-order chi connectivity index (χ0) is 24.9. The Bertz CT molecular complexity index is 1060. The maximum atomic E-state index is 12.8. The molecule has 1 unspecified atom stereocenters. The van der Waals surface area contributed by atoms with Crippen molar-refractivity contribution in [1.29, 1.82) is 0 Å². The molecule has 1 aliphatic rings. The van der Waals surface area contributed by atoms with Crippen LogP contribution in [0.15, 0.2) is 53.6 Å². The van der Waals surface area contributed by atoms with Crippen LogP contribution in [0.5, 0.6) is 0 Å². The molecule has 0 saturated heterocycles. The normalized spacial score (nSPS) is 17.9. The van der Waals surface area contributed by atoms with Crippen LogP contribution in [-0.2, 0) is 11.0 Å². The van der Waals surface area contributed by atoms with Crippen LogP contribution in [-0.4, -0.2) is 40.6 Å². The molecule has 0 aliphatic carbocycles. The molecule has 0 fully saturated rings. The molecule has 182 valence electrons. The number of nitrogens with zero attached hydrogens (tertiary/aromatic N) is 2. The summed E-state index contributed by atoms with van der Waals surface area (Å²) in [5, 5.41) is 11.6. The minimum atomic E-state index is -4.47. The average molecular weight is 515 g/mol. The predicted octanol–water partition coefficient (Wildman–Crippen LogP) is 5.89. The summed E-state index contributed by atoms with van der Waals surface area (Å²) in [6.45, 7) is 1.78. The number of rotatable bonds is 7. The number of halogens is 5. The number of hydrazone groups is 1. The molecule has 0 radical (unpaired) electrons. The molecule has 11 heteroatoms. The van der Waals surface area contributed by atoms with Crippen LogP contribution in [0, 0.1) is 0 Å². The van der Waals surface area contributed by atoms with Gasteiger partial charge in [0.1, 0.15) is 5.54 Å². The van der Waals surface area contributed by atoms with Gasteiger partial charge in [-0.1, -0.05) is 23.7 Å². The molecule has 3 amide bonds. The van der Waals surface area contributed by atoms with Gasteiger partial charge in [-0.2, -0.15) is 18.3 Å². The monoisotopic (exact) mass is 514 g/mol. The summed E-state index contributed by atoms with van der Waals surface area (Å²) >= 11 is 11.7. The second-order valence-electron chi connectivity index (χ2n) is 8.04. The molecule has 2 N–H and O–H groups in total. The quantitative estimate of drug-likeness (QED) is 0.356. The highest BCUT2D eigenvalue weighted by Gasteiger charge is 2.42. The molecule has 6 nitrogen and oxygen atoms in total.